The van der Waals surface area contributed by atoms with Crippen molar-refractivity contribution in [1.82, 2.24) is 9.29 Å². The molecule has 112 valence electrons. The smallest absolute Gasteiger partial charge is 0.216 e. The molecule has 6 heteroatoms. The molecular weight excluding hydrogens is 274 g/mol. The molecule has 0 aliphatic carbocycles. The molecule has 1 N–H and O–H groups in total. The van der Waals surface area contributed by atoms with Crippen molar-refractivity contribution in [2.45, 2.75) is 37.9 Å². The maximum atomic E-state index is 12.3. The molecule has 1 aromatic rings. The lowest BCUT2D eigenvalue weighted by Crippen LogP contribution is -2.42. The highest BCUT2D eigenvalue weighted by Crippen LogP contribution is 2.29. The number of nitrogens with zero attached hydrogens (tertiary/aromatic N) is 2. The van der Waals surface area contributed by atoms with Gasteiger partial charge in [0.15, 0.2) is 0 Å². The van der Waals surface area contributed by atoms with E-state index in [-0.39, 0.29) is 11.2 Å². The third-order valence-electron chi connectivity index (χ3n) is 3.85. The maximum absolute atomic E-state index is 12.3. The van der Waals surface area contributed by atoms with E-state index in [4.69, 9.17) is 0 Å². The van der Waals surface area contributed by atoms with Gasteiger partial charge in [-0.25, -0.2) is 17.7 Å². The van der Waals surface area contributed by atoms with E-state index < -0.39 is 10.0 Å². The first-order valence-corrected chi connectivity index (χ1v) is 8.58. The number of pyridine rings is 1. The van der Waals surface area contributed by atoms with Crippen molar-refractivity contribution < 1.29 is 8.42 Å². The number of rotatable bonds is 4. The monoisotopic (exact) mass is 297 g/mol. The van der Waals surface area contributed by atoms with Crippen molar-refractivity contribution >= 4 is 15.8 Å². The molecule has 0 aromatic carbocycles. The third kappa shape index (κ3) is 3.12. The summed E-state index contributed by atoms with van der Waals surface area (Å²) < 4.78 is 26.2. The summed E-state index contributed by atoms with van der Waals surface area (Å²) in [5.74, 6) is 1.08. The fourth-order valence-electron chi connectivity index (χ4n) is 2.58. The van der Waals surface area contributed by atoms with Gasteiger partial charge in [-0.1, -0.05) is 0 Å². The van der Waals surface area contributed by atoms with E-state index in [2.05, 4.69) is 10.3 Å². The number of piperidine rings is 1. The predicted octanol–water partition coefficient (Wildman–Crippen LogP) is 2.04. The summed E-state index contributed by atoms with van der Waals surface area (Å²) in [5, 5.41) is 2.67. The first-order valence-electron chi connectivity index (χ1n) is 7.08. The zero-order valence-corrected chi connectivity index (χ0v) is 13.2. The molecule has 0 saturated carbocycles. The maximum Gasteiger partial charge on any atom is 0.216 e. The van der Waals surface area contributed by atoms with E-state index >= 15 is 0 Å². The van der Waals surface area contributed by atoms with E-state index in [1.807, 2.05) is 19.2 Å². The summed E-state index contributed by atoms with van der Waals surface area (Å²) in [4.78, 5) is 4.21. The van der Waals surface area contributed by atoms with E-state index in [0.29, 0.717) is 13.1 Å². The number of nitrogens with one attached hydrogen (secondary N) is 1. The van der Waals surface area contributed by atoms with Crippen LogP contribution in [0.3, 0.4) is 0 Å². The van der Waals surface area contributed by atoms with Gasteiger partial charge in [0, 0.05) is 26.3 Å². The molecule has 0 amide bonds. The lowest BCUT2D eigenvalue weighted by atomic mass is 9.92. The Morgan fingerprint density at radius 1 is 1.45 bits per heavy atom. The lowest BCUT2D eigenvalue weighted by Gasteiger charge is -2.33. The molecule has 20 heavy (non-hydrogen) atoms. The lowest BCUT2D eigenvalue weighted by molar-refractivity contribution is 0.313. The molecule has 0 spiro atoms. The number of aromatic nitrogens is 1. The molecule has 1 aromatic heterocycles. The Hall–Kier alpha value is -1.14. The van der Waals surface area contributed by atoms with Gasteiger partial charge in [0.1, 0.15) is 5.82 Å². The van der Waals surface area contributed by atoms with Gasteiger partial charge < -0.3 is 5.32 Å². The van der Waals surface area contributed by atoms with Crippen molar-refractivity contribution in [3.63, 3.8) is 0 Å². The predicted molar refractivity (Wildman–Crippen MR) is 81.4 cm³/mol. The van der Waals surface area contributed by atoms with Crippen LogP contribution in [0.1, 0.15) is 38.2 Å². The topological polar surface area (TPSA) is 62.3 Å². The molecule has 1 atom stereocenters. The van der Waals surface area contributed by atoms with Gasteiger partial charge in [0.25, 0.3) is 0 Å². The van der Waals surface area contributed by atoms with Gasteiger partial charge in [-0.15, -0.1) is 0 Å². The van der Waals surface area contributed by atoms with Crippen LogP contribution in [0.15, 0.2) is 18.3 Å². The number of anilines is 1. The van der Waals surface area contributed by atoms with Gasteiger partial charge >= 0.3 is 0 Å². The van der Waals surface area contributed by atoms with Gasteiger partial charge in [0.2, 0.25) is 10.0 Å². The van der Waals surface area contributed by atoms with Crippen LogP contribution in [0.2, 0.25) is 0 Å². The van der Waals surface area contributed by atoms with Crippen LogP contribution in [-0.2, 0) is 10.0 Å². The highest BCUT2D eigenvalue weighted by Gasteiger charge is 2.31. The van der Waals surface area contributed by atoms with Crippen LogP contribution in [0, 0.1) is 0 Å². The highest BCUT2D eigenvalue weighted by atomic mass is 32.2. The van der Waals surface area contributed by atoms with Crippen molar-refractivity contribution in [1.29, 1.82) is 0 Å². The van der Waals surface area contributed by atoms with Crippen LogP contribution in [0.4, 0.5) is 5.82 Å². The average Bonchev–Trinajstić information content (AvgIpc) is 2.47. The SMILES string of the molecule is CNc1cc([C@@H]2CCCN(S(=O)(=O)C(C)C)C2)ccn1. The fourth-order valence-corrected chi connectivity index (χ4v) is 3.95. The second-order valence-electron chi connectivity index (χ2n) is 5.52. The van der Waals surface area contributed by atoms with E-state index in [0.717, 1.165) is 24.2 Å². The van der Waals surface area contributed by atoms with Gasteiger partial charge in [-0.2, -0.15) is 0 Å². The molecule has 0 unspecified atom stereocenters. The highest BCUT2D eigenvalue weighted by molar-refractivity contribution is 7.89. The number of hydrogen-bond donors (Lipinski definition) is 1. The summed E-state index contributed by atoms with van der Waals surface area (Å²) in [6, 6.07) is 3.99. The normalized spacial score (nSPS) is 21.1. The Morgan fingerprint density at radius 3 is 2.85 bits per heavy atom. The second kappa shape index (κ2) is 6.10. The first kappa shape index (κ1) is 15.3. The molecule has 0 bridgehead atoms. The third-order valence-corrected chi connectivity index (χ3v) is 6.09. The van der Waals surface area contributed by atoms with E-state index in [9.17, 15) is 8.42 Å². The molecule has 0 radical (unpaired) electrons. The van der Waals surface area contributed by atoms with Gasteiger partial charge in [-0.3, -0.25) is 0 Å². The quantitative estimate of drug-likeness (QED) is 0.924. The van der Waals surface area contributed by atoms with Crippen LogP contribution in [-0.4, -0.2) is 43.1 Å². The fraction of sp³-hybridized carbons (Fsp3) is 0.643. The number of sulfonamides is 1. The minimum atomic E-state index is -3.15. The summed E-state index contributed by atoms with van der Waals surface area (Å²) in [5.41, 5.74) is 1.16. The summed E-state index contributed by atoms with van der Waals surface area (Å²) >= 11 is 0. The molecule has 5 nitrogen and oxygen atoms in total. The Morgan fingerprint density at radius 2 is 2.20 bits per heavy atom. The number of hydrogen-bond acceptors (Lipinski definition) is 4. The summed E-state index contributed by atoms with van der Waals surface area (Å²) in [7, 11) is -1.32. The second-order valence-corrected chi connectivity index (χ2v) is 8.00. The molecule has 1 aliphatic rings. The van der Waals surface area contributed by atoms with Crippen LogP contribution < -0.4 is 5.32 Å². The van der Waals surface area contributed by atoms with Crippen molar-refractivity contribution in [3.8, 4) is 0 Å². The summed E-state index contributed by atoms with van der Waals surface area (Å²) in [6.07, 6.45) is 3.71. The van der Waals surface area contributed by atoms with Crippen molar-refractivity contribution in [2.75, 3.05) is 25.5 Å². The van der Waals surface area contributed by atoms with E-state index in [1.165, 1.54) is 0 Å². The molecule has 2 rings (SSSR count). The van der Waals surface area contributed by atoms with Gasteiger partial charge in [-0.05, 0) is 50.3 Å². The Labute approximate surface area is 121 Å². The molecule has 1 saturated heterocycles. The Kier molecular flexibility index (Phi) is 4.65. The van der Waals surface area contributed by atoms with Gasteiger partial charge in [0.05, 0.1) is 5.25 Å². The molecular formula is C14H23N3O2S. The first-order chi connectivity index (χ1) is 9.45. The van der Waals surface area contributed by atoms with Crippen LogP contribution in [0.5, 0.6) is 0 Å². The summed E-state index contributed by atoms with van der Waals surface area (Å²) in [6.45, 7) is 4.70. The van der Waals surface area contributed by atoms with Crippen molar-refractivity contribution in [2.24, 2.45) is 0 Å². The largest absolute Gasteiger partial charge is 0.373 e. The standard InChI is InChI=1S/C14H23N3O2S/c1-11(2)20(18,19)17-8-4-5-13(10-17)12-6-7-16-14(9-12)15-3/h6-7,9,11,13H,4-5,8,10H2,1-3H3,(H,15,16)/t13-/m1/s1. The zero-order valence-electron chi connectivity index (χ0n) is 12.3. The zero-order chi connectivity index (χ0) is 14.8. The molecule has 1 aliphatic heterocycles. The van der Waals surface area contributed by atoms with Crippen LogP contribution in [0.25, 0.3) is 0 Å². The van der Waals surface area contributed by atoms with E-state index in [1.54, 1.807) is 24.3 Å². The minimum absolute atomic E-state index is 0.257. The minimum Gasteiger partial charge on any atom is -0.373 e. The Bertz CT molecular complexity index is 557. The van der Waals surface area contributed by atoms with Crippen molar-refractivity contribution in [3.05, 3.63) is 23.9 Å². The average molecular weight is 297 g/mol. The van der Waals surface area contributed by atoms with Crippen LogP contribution >= 0.6 is 0 Å². The molecule has 2 heterocycles. The Balaban J connectivity index is 2.18. The molecule has 1 fully saturated rings.